The molecule has 0 saturated carbocycles. The first-order chi connectivity index (χ1) is 11.2. The van der Waals surface area contributed by atoms with Crippen LogP contribution in [0.3, 0.4) is 0 Å². The van der Waals surface area contributed by atoms with E-state index in [0.29, 0.717) is 5.54 Å². The Morgan fingerprint density at radius 1 is 0.667 bits per heavy atom. The van der Waals surface area contributed by atoms with Crippen LogP contribution in [0.15, 0.2) is 0 Å². The second-order valence-electron chi connectivity index (χ2n) is 9.65. The molecule has 1 aliphatic heterocycles. The highest BCUT2D eigenvalue weighted by atomic mass is 15.3. The molecule has 1 fully saturated rings. The summed E-state index contributed by atoms with van der Waals surface area (Å²) in [6.45, 7) is 21.2. The first-order valence-electron chi connectivity index (χ1n) is 10.4. The Balaban J connectivity index is 1.88. The molecule has 1 N–H and O–H groups in total. The van der Waals surface area contributed by atoms with Crippen molar-refractivity contribution in [2.75, 3.05) is 39.3 Å². The second kappa shape index (κ2) is 10.8. The van der Waals surface area contributed by atoms with E-state index in [-0.39, 0.29) is 5.54 Å². The average Bonchev–Trinajstić information content (AvgIpc) is 2.47. The molecule has 1 heterocycles. The molecule has 3 nitrogen and oxygen atoms in total. The Morgan fingerprint density at radius 2 is 1.17 bits per heavy atom. The molecule has 1 saturated heterocycles. The van der Waals surface area contributed by atoms with Crippen molar-refractivity contribution in [1.82, 2.24) is 15.1 Å². The molecule has 0 spiro atoms. The van der Waals surface area contributed by atoms with Gasteiger partial charge in [-0.2, -0.15) is 0 Å². The zero-order valence-corrected chi connectivity index (χ0v) is 17.6. The van der Waals surface area contributed by atoms with Crippen molar-refractivity contribution in [1.29, 1.82) is 0 Å². The minimum atomic E-state index is 0.276. The van der Waals surface area contributed by atoms with Gasteiger partial charge in [-0.3, -0.25) is 4.90 Å². The molecule has 24 heavy (non-hydrogen) atoms. The van der Waals surface area contributed by atoms with E-state index in [1.807, 2.05) is 0 Å². The third kappa shape index (κ3) is 10.7. The molecule has 3 heteroatoms. The summed E-state index contributed by atoms with van der Waals surface area (Å²) in [5.74, 6) is 0. The van der Waals surface area contributed by atoms with E-state index in [2.05, 4.69) is 56.7 Å². The van der Waals surface area contributed by atoms with Crippen LogP contribution in [-0.2, 0) is 0 Å². The summed E-state index contributed by atoms with van der Waals surface area (Å²) in [5, 5.41) is 3.57. The minimum absolute atomic E-state index is 0.276. The van der Waals surface area contributed by atoms with Crippen LogP contribution in [0.4, 0.5) is 0 Å². The first-order valence-corrected chi connectivity index (χ1v) is 10.4. The molecule has 0 atom stereocenters. The molecule has 0 bridgehead atoms. The second-order valence-corrected chi connectivity index (χ2v) is 9.65. The maximum Gasteiger partial charge on any atom is 0.0126 e. The van der Waals surface area contributed by atoms with Crippen LogP contribution in [0, 0.1) is 0 Å². The Morgan fingerprint density at radius 3 is 1.67 bits per heavy atom. The largest absolute Gasteiger partial charge is 0.312 e. The summed E-state index contributed by atoms with van der Waals surface area (Å²) in [6.07, 6.45) is 9.78. The van der Waals surface area contributed by atoms with Gasteiger partial charge in [-0.05, 0) is 67.5 Å². The molecular weight excluding hydrogens is 294 g/mol. The predicted octanol–water partition coefficient (Wildman–Crippen LogP) is 4.52. The van der Waals surface area contributed by atoms with Crippen LogP contribution in [0.5, 0.6) is 0 Å². The average molecular weight is 340 g/mol. The van der Waals surface area contributed by atoms with E-state index in [9.17, 15) is 0 Å². The van der Waals surface area contributed by atoms with Crippen molar-refractivity contribution in [3.05, 3.63) is 0 Å². The molecule has 0 unspecified atom stereocenters. The molecule has 0 amide bonds. The molecule has 144 valence electrons. The van der Waals surface area contributed by atoms with Crippen LogP contribution in [-0.4, -0.2) is 60.1 Å². The van der Waals surface area contributed by atoms with Gasteiger partial charge >= 0.3 is 0 Å². The number of nitrogens with zero attached hydrogens (tertiary/aromatic N) is 2. The van der Waals surface area contributed by atoms with E-state index in [1.165, 1.54) is 84.2 Å². The number of piperazine rings is 1. The fraction of sp³-hybridized carbons (Fsp3) is 1.00. The highest BCUT2D eigenvalue weighted by Crippen LogP contribution is 2.16. The van der Waals surface area contributed by atoms with Gasteiger partial charge in [-0.15, -0.1) is 0 Å². The van der Waals surface area contributed by atoms with E-state index in [4.69, 9.17) is 0 Å². The molecule has 1 aliphatic rings. The van der Waals surface area contributed by atoms with Gasteiger partial charge in [0.25, 0.3) is 0 Å². The van der Waals surface area contributed by atoms with E-state index in [1.54, 1.807) is 0 Å². The zero-order chi connectivity index (χ0) is 18.1. The van der Waals surface area contributed by atoms with Crippen LogP contribution in [0.2, 0.25) is 0 Å². The van der Waals surface area contributed by atoms with Crippen LogP contribution in [0.1, 0.15) is 86.5 Å². The smallest absolute Gasteiger partial charge is 0.0126 e. The summed E-state index contributed by atoms with van der Waals surface area (Å²) >= 11 is 0. The predicted molar refractivity (Wildman–Crippen MR) is 108 cm³/mol. The summed E-state index contributed by atoms with van der Waals surface area (Å²) < 4.78 is 0. The van der Waals surface area contributed by atoms with Gasteiger partial charge in [0.05, 0.1) is 0 Å². The quantitative estimate of drug-likeness (QED) is 0.590. The van der Waals surface area contributed by atoms with Gasteiger partial charge in [0, 0.05) is 37.3 Å². The standard InChI is InChI=1S/C21H45N3/c1-20(2,3)22-14-12-10-8-7-9-11-13-15-23-16-18-24(19-17-23)21(4,5)6/h22H,7-19H2,1-6H3. The third-order valence-electron chi connectivity index (χ3n) is 5.13. The molecule has 1 rings (SSSR count). The SMILES string of the molecule is CC(C)(C)NCCCCCCCCCN1CCN(C(C)(C)C)CC1. The van der Waals surface area contributed by atoms with Crippen molar-refractivity contribution in [2.24, 2.45) is 0 Å². The highest BCUT2D eigenvalue weighted by Gasteiger charge is 2.25. The molecular formula is C21H45N3. The lowest BCUT2D eigenvalue weighted by atomic mass is 10.0. The minimum Gasteiger partial charge on any atom is -0.312 e. The Labute approximate surface area is 152 Å². The van der Waals surface area contributed by atoms with Crippen molar-refractivity contribution in [3.8, 4) is 0 Å². The number of hydrogen-bond acceptors (Lipinski definition) is 3. The first kappa shape index (κ1) is 21.9. The molecule has 0 aromatic heterocycles. The van der Waals surface area contributed by atoms with Crippen molar-refractivity contribution in [3.63, 3.8) is 0 Å². The van der Waals surface area contributed by atoms with E-state index in [0.717, 1.165) is 0 Å². The maximum absolute atomic E-state index is 3.57. The monoisotopic (exact) mass is 339 g/mol. The number of unbranched alkanes of at least 4 members (excludes halogenated alkanes) is 6. The van der Waals surface area contributed by atoms with Crippen LogP contribution < -0.4 is 5.32 Å². The van der Waals surface area contributed by atoms with Gasteiger partial charge in [-0.25, -0.2) is 0 Å². The number of hydrogen-bond donors (Lipinski definition) is 1. The van der Waals surface area contributed by atoms with Gasteiger partial charge in [0.1, 0.15) is 0 Å². The summed E-state index contributed by atoms with van der Waals surface area (Å²) in [6, 6.07) is 0. The third-order valence-corrected chi connectivity index (χ3v) is 5.13. The highest BCUT2D eigenvalue weighted by molar-refractivity contribution is 4.81. The molecule has 0 aromatic rings. The lowest BCUT2D eigenvalue weighted by Gasteiger charge is -2.42. The number of nitrogens with one attached hydrogen (secondary N) is 1. The topological polar surface area (TPSA) is 18.5 Å². The lowest BCUT2D eigenvalue weighted by molar-refractivity contribution is 0.0616. The maximum atomic E-state index is 3.57. The van der Waals surface area contributed by atoms with Gasteiger partial charge in [0.2, 0.25) is 0 Å². The Bertz CT molecular complexity index is 306. The molecule has 0 radical (unpaired) electrons. The van der Waals surface area contributed by atoms with Gasteiger partial charge in [0.15, 0.2) is 0 Å². The lowest BCUT2D eigenvalue weighted by Crippen LogP contribution is -2.53. The van der Waals surface area contributed by atoms with E-state index < -0.39 is 0 Å². The van der Waals surface area contributed by atoms with Gasteiger partial charge < -0.3 is 10.2 Å². The van der Waals surface area contributed by atoms with Crippen LogP contribution in [0.25, 0.3) is 0 Å². The Hall–Kier alpha value is -0.120. The fourth-order valence-electron chi connectivity index (χ4n) is 3.45. The molecule has 0 aliphatic carbocycles. The molecule has 0 aromatic carbocycles. The zero-order valence-electron chi connectivity index (χ0n) is 17.6. The van der Waals surface area contributed by atoms with E-state index >= 15 is 0 Å². The van der Waals surface area contributed by atoms with Gasteiger partial charge in [-0.1, -0.05) is 32.1 Å². The summed E-state index contributed by atoms with van der Waals surface area (Å²) in [5.41, 5.74) is 0.618. The van der Waals surface area contributed by atoms with Crippen LogP contribution >= 0.6 is 0 Å². The normalized spacial score (nSPS) is 18.2. The number of rotatable bonds is 10. The van der Waals surface area contributed by atoms with Crippen molar-refractivity contribution < 1.29 is 0 Å². The van der Waals surface area contributed by atoms with Crippen molar-refractivity contribution >= 4 is 0 Å². The van der Waals surface area contributed by atoms with Crippen molar-refractivity contribution in [2.45, 2.75) is 97.6 Å². The summed E-state index contributed by atoms with van der Waals surface area (Å²) in [4.78, 5) is 5.29. The summed E-state index contributed by atoms with van der Waals surface area (Å²) in [7, 11) is 0. The fourth-order valence-corrected chi connectivity index (χ4v) is 3.45. The Kier molecular flexibility index (Phi) is 9.84.